The molecule has 0 spiro atoms. The van der Waals surface area contributed by atoms with Gasteiger partial charge in [0.05, 0.1) is 6.54 Å². The summed E-state index contributed by atoms with van der Waals surface area (Å²) in [5, 5.41) is 6.52. The van der Waals surface area contributed by atoms with Gasteiger partial charge >= 0.3 is 0 Å². The Morgan fingerprint density at radius 2 is 2.28 bits per heavy atom. The van der Waals surface area contributed by atoms with Crippen LogP contribution in [0.25, 0.3) is 10.1 Å². The summed E-state index contributed by atoms with van der Waals surface area (Å²) in [4.78, 5) is 13.7. The van der Waals surface area contributed by atoms with Gasteiger partial charge in [0.1, 0.15) is 0 Å². The van der Waals surface area contributed by atoms with Crippen LogP contribution >= 0.6 is 11.3 Å². The van der Waals surface area contributed by atoms with Crippen LogP contribution in [0, 0.1) is 0 Å². The SMILES string of the molecule is CN(C(=O)CNc1ccc2sccc2c1)C1CC1. The zero-order valence-electron chi connectivity index (χ0n) is 10.3. The van der Waals surface area contributed by atoms with Crippen LogP contribution in [-0.2, 0) is 4.79 Å². The van der Waals surface area contributed by atoms with Gasteiger partial charge in [-0.25, -0.2) is 0 Å². The average molecular weight is 260 g/mol. The van der Waals surface area contributed by atoms with E-state index in [0.29, 0.717) is 12.6 Å². The Balaban J connectivity index is 1.63. The Hall–Kier alpha value is -1.55. The number of fused-ring (bicyclic) bond motifs is 1. The predicted octanol–water partition coefficient (Wildman–Crippen LogP) is 2.93. The Kier molecular flexibility index (Phi) is 2.96. The lowest BCUT2D eigenvalue weighted by atomic mass is 10.2. The second kappa shape index (κ2) is 4.61. The molecule has 1 aliphatic rings. The molecule has 0 saturated heterocycles. The molecule has 18 heavy (non-hydrogen) atoms. The summed E-state index contributed by atoms with van der Waals surface area (Å²) in [6.45, 7) is 0.378. The van der Waals surface area contributed by atoms with Crippen molar-refractivity contribution in [2.45, 2.75) is 18.9 Å². The third-order valence-corrected chi connectivity index (χ3v) is 4.28. The minimum atomic E-state index is 0.169. The van der Waals surface area contributed by atoms with Gasteiger partial charge in [-0.15, -0.1) is 11.3 Å². The van der Waals surface area contributed by atoms with E-state index >= 15 is 0 Å². The number of hydrogen-bond acceptors (Lipinski definition) is 3. The van der Waals surface area contributed by atoms with Crippen LogP contribution in [0.2, 0.25) is 0 Å². The molecular weight excluding hydrogens is 244 g/mol. The number of amides is 1. The normalized spacial score (nSPS) is 14.7. The second-order valence-corrected chi connectivity index (χ2v) is 5.71. The molecule has 94 valence electrons. The number of likely N-dealkylation sites (N-methyl/N-ethyl adjacent to an activating group) is 1. The first kappa shape index (κ1) is 11.5. The van der Waals surface area contributed by atoms with Crippen LogP contribution in [0.5, 0.6) is 0 Å². The maximum atomic E-state index is 11.9. The van der Waals surface area contributed by atoms with Gasteiger partial charge in [-0.1, -0.05) is 0 Å². The molecule has 0 aliphatic heterocycles. The fourth-order valence-corrected chi connectivity index (χ4v) is 2.82. The number of nitrogens with one attached hydrogen (secondary N) is 1. The fourth-order valence-electron chi connectivity index (χ4n) is 2.04. The molecule has 2 aromatic rings. The van der Waals surface area contributed by atoms with Gasteiger partial charge in [0.25, 0.3) is 0 Å². The van der Waals surface area contributed by atoms with Crippen molar-refractivity contribution >= 4 is 33.0 Å². The molecule has 1 aliphatic carbocycles. The number of anilines is 1. The maximum Gasteiger partial charge on any atom is 0.241 e. The topological polar surface area (TPSA) is 32.3 Å². The molecule has 1 saturated carbocycles. The van der Waals surface area contributed by atoms with E-state index in [1.165, 1.54) is 10.1 Å². The monoisotopic (exact) mass is 260 g/mol. The number of rotatable bonds is 4. The molecule has 1 fully saturated rings. The van der Waals surface area contributed by atoms with Gasteiger partial charge in [-0.3, -0.25) is 4.79 Å². The van der Waals surface area contributed by atoms with Crippen LogP contribution in [-0.4, -0.2) is 30.4 Å². The lowest BCUT2D eigenvalue weighted by Crippen LogP contribution is -2.33. The van der Waals surface area contributed by atoms with E-state index in [9.17, 15) is 4.79 Å². The Bertz CT molecular complexity index is 574. The van der Waals surface area contributed by atoms with Crippen molar-refractivity contribution in [1.82, 2.24) is 4.90 Å². The Morgan fingerprint density at radius 3 is 3.06 bits per heavy atom. The quantitative estimate of drug-likeness (QED) is 0.916. The standard InChI is InChI=1S/C14H16N2OS/c1-16(12-3-4-12)14(17)9-15-11-2-5-13-10(8-11)6-7-18-13/h2,5-8,12,15H,3-4,9H2,1H3. The molecule has 3 nitrogen and oxygen atoms in total. The van der Waals surface area contributed by atoms with Crippen molar-refractivity contribution in [3.05, 3.63) is 29.6 Å². The van der Waals surface area contributed by atoms with Crippen molar-refractivity contribution in [3.63, 3.8) is 0 Å². The fraction of sp³-hybridized carbons (Fsp3) is 0.357. The summed E-state index contributed by atoms with van der Waals surface area (Å²) in [5.41, 5.74) is 1.01. The molecule has 1 aromatic carbocycles. The smallest absolute Gasteiger partial charge is 0.241 e. The number of thiophene rings is 1. The summed E-state index contributed by atoms with van der Waals surface area (Å²) in [6, 6.07) is 8.80. The van der Waals surface area contributed by atoms with Gasteiger partial charge in [-0.2, -0.15) is 0 Å². The molecule has 1 heterocycles. The molecular formula is C14H16N2OS. The number of nitrogens with zero attached hydrogens (tertiary/aromatic N) is 1. The molecule has 3 rings (SSSR count). The van der Waals surface area contributed by atoms with Crippen LogP contribution < -0.4 is 5.32 Å². The number of hydrogen-bond donors (Lipinski definition) is 1. The van der Waals surface area contributed by atoms with Crippen LogP contribution in [0.1, 0.15) is 12.8 Å². The third kappa shape index (κ3) is 2.34. The van der Waals surface area contributed by atoms with Crippen LogP contribution in [0.3, 0.4) is 0 Å². The molecule has 1 amide bonds. The van der Waals surface area contributed by atoms with E-state index in [1.807, 2.05) is 18.0 Å². The second-order valence-electron chi connectivity index (χ2n) is 4.76. The van der Waals surface area contributed by atoms with Crippen molar-refractivity contribution in [1.29, 1.82) is 0 Å². The maximum absolute atomic E-state index is 11.9. The van der Waals surface area contributed by atoms with Gasteiger partial charge in [-0.05, 0) is 47.9 Å². The first-order chi connectivity index (χ1) is 8.74. The van der Waals surface area contributed by atoms with E-state index in [-0.39, 0.29) is 5.91 Å². The summed E-state index contributed by atoms with van der Waals surface area (Å²) in [7, 11) is 1.89. The molecule has 4 heteroatoms. The number of benzene rings is 1. The summed E-state index contributed by atoms with van der Waals surface area (Å²) < 4.78 is 1.28. The van der Waals surface area contributed by atoms with E-state index in [0.717, 1.165) is 18.5 Å². The van der Waals surface area contributed by atoms with Gasteiger partial charge in [0.15, 0.2) is 0 Å². The molecule has 0 unspecified atom stereocenters. The van der Waals surface area contributed by atoms with E-state index in [2.05, 4.69) is 28.9 Å². The summed E-state index contributed by atoms with van der Waals surface area (Å²) in [5.74, 6) is 0.169. The molecule has 1 aromatic heterocycles. The highest BCUT2D eigenvalue weighted by Gasteiger charge is 2.29. The lowest BCUT2D eigenvalue weighted by Gasteiger charge is -2.16. The predicted molar refractivity (Wildman–Crippen MR) is 76.1 cm³/mol. The van der Waals surface area contributed by atoms with Crippen LogP contribution in [0.15, 0.2) is 29.6 Å². The lowest BCUT2D eigenvalue weighted by molar-refractivity contribution is -0.128. The highest BCUT2D eigenvalue weighted by Crippen LogP contribution is 2.26. The van der Waals surface area contributed by atoms with E-state index in [4.69, 9.17) is 0 Å². The molecule has 0 atom stereocenters. The minimum Gasteiger partial charge on any atom is -0.376 e. The Morgan fingerprint density at radius 1 is 1.44 bits per heavy atom. The van der Waals surface area contributed by atoms with Crippen molar-refractivity contribution in [2.75, 3.05) is 18.9 Å². The van der Waals surface area contributed by atoms with Gasteiger partial charge in [0, 0.05) is 23.5 Å². The van der Waals surface area contributed by atoms with Gasteiger partial charge in [0.2, 0.25) is 5.91 Å². The van der Waals surface area contributed by atoms with Crippen molar-refractivity contribution in [2.24, 2.45) is 0 Å². The molecule has 0 radical (unpaired) electrons. The van der Waals surface area contributed by atoms with E-state index in [1.54, 1.807) is 11.3 Å². The molecule has 1 N–H and O–H groups in total. The third-order valence-electron chi connectivity index (χ3n) is 3.38. The Labute approximate surface area is 110 Å². The largest absolute Gasteiger partial charge is 0.376 e. The van der Waals surface area contributed by atoms with Gasteiger partial charge < -0.3 is 10.2 Å². The summed E-state index contributed by atoms with van der Waals surface area (Å²) in [6.07, 6.45) is 2.31. The van der Waals surface area contributed by atoms with Crippen molar-refractivity contribution < 1.29 is 4.79 Å². The average Bonchev–Trinajstić information content (AvgIpc) is 3.13. The number of carbonyl (C=O) groups excluding carboxylic acids is 1. The zero-order valence-corrected chi connectivity index (χ0v) is 11.2. The van der Waals surface area contributed by atoms with E-state index < -0.39 is 0 Å². The first-order valence-electron chi connectivity index (χ1n) is 6.21. The zero-order chi connectivity index (χ0) is 12.5. The minimum absolute atomic E-state index is 0.169. The summed E-state index contributed by atoms with van der Waals surface area (Å²) >= 11 is 1.73. The number of carbonyl (C=O) groups is 1. The van der Waals surface area contributed by atoms with Crippen molar-refractivity contribution in [3.8, 4) is 0 Å². The molecule has 0 bridgehead atoms. The first-order valence-corrected chi connectivity index (χ1v) is 7.09. The highest BCUT2D eigenvalue weighted by atomic mass is 32.1. The van der Waals surface area contributed by atoms with Crippen LogP contribution in [0.4, 0.5) is 5.69 Å². The highest BCUT2D eigenvalue weighted by molar-refractivity contribution is 7.17.